The van der Waals surface area contributed by atoms with Crippen molar-refractivity contribution in [2.24, 2.45) is 10.9 Å². The molecule has 6 nitrogen and oxygen atoms in total. The minimum absolute atomic E-state index is 0.129. The molecule has 0 N–H and O–H groups in total. The molecule has 1 heterocycles. The Balaban J connectivity index is 1.89. The molecule has 0 atom stereocenters. The molecule has 0 saturated heterocycles. The number of carbonyl (C=O) groups excluding carboxylic acids is 2. The zero-order chi connectivity index (χ0) is 20.3. The van der Waals surface area contributed by atoms with Gasteiger partial charge in [-0.1, -0.05) is 43.6 Å². The summed E-state index contributed by atoms with van der Waals surface area (Å²) in [7, 11) is 1.47. The first kappa shape index (κ1) is 19.6. The Morgan fingerprint density at radius 1 is 1.18 bits per heavy atom. The number of methoxy groups -OCH3 is 1. The number of hydrogen-bond acceptors (Lipinski definition) is 6. The highest BCUT2D eigenvalue weighted by Crippen LogP contribution is 2.30. The van der Waals surface area contributed by atoms with Crippen LogP contribution in [0, 0.1) is 5.92 Å². The van der Waals surface area contributed by atoms with Crippen molar-refractivity contribution < 1.29 is 23.8 Å². The normalized spacial score (nSPS) is 14.8. The van der Waals surface area contributed by atoms with Crippen LogP contribution in [0.4, 0.5) is 0 Å². The Morgan fingerprint density at radius 3 is 2.61 bits per heavy atom. The molecule has 144 valence electrons. The van der Waals surface area contributed by atoms with Crippen molar-refractivity contribution in [3.8, 4) is 11.5 Å². The molecular formula is C21H18ClNO5. The topological polar surface area (TPSA) is 74.2 Å². The van der Waals surface area contributed by atoms with Gasteiger partial charge in [0.05, 0.1) is 23.6 Å². The van der Waals surface area contributed by atoms with E-state index < -0.39 is 5.97 Å². The summed E-state index contributed by atoms with van der Waals surface area (Å²) in [6, 6.07) is 11.9. The van der Waals surface area contributed by atoms with Gasteiger partial charge < -0.3 is 14.2 Å². The van der Waals surface area contributed by atoms with Gasteiger partial charge in [-0.3, -0.25) is 4.79 Å². The molecule has 2 aromatic rings. The lowest BCUT2D eigenvalue weighted by molar-refractivity contribution is -0.137. The summed E-state index contributed by atoms with van der Waals surface area (Å²) in [6.45, 7) is 3.49. The molecule has 0 spiro atoms. The van der Waals surface area contributed by atoms with Crippen molar-refractivity contribution in [2.45, 2.75) is 13.8 Å². The van der Waals surface area contributed by atoms with Gasteiger partial charge in [-0.15, -0.1) is 0 Å². The van der Waals surface area contributed by atoms with Crippen molar-refractivity contribution >= 4 is 35.5 Å². The van der Waals surface area contributed by atoms with E-state index in [-0.39, 0.29) is 23.5 Å². The number of nitrogens with zero attached hydrogens (tertiary/aromatic N) is 1. The fourth-order valence-corrected chi connectivity index (χ4v) is 2.62. The highest BCUT2D eigenvalue weighted by molar-refractivity contribution is 6.34. The molecule has 1 aliphatic rings. The van der Waals surface area contributed by atoms with Crippen LogP contribution in [0.5, 0.6) is 11.5 Å². The van der Waals surface area contributed by atoms with Crippen LogP contribution >= 0.6 is 11.6 Å². The van der Waals surface area contributed by atoms with Gasteiger partial charge in [-0.25, -0.2) is 9.79 Å². The first-order valence-electron chi connectivity index (χ1n) is 8.56. The molecule has 28 heavy (non-hydrogen) atoms. The van der Waals surface area contributed by atoms with Crippen LogP contribution in [-0.4, -0.2) is 24.9 Å². The summed E-state index contributed by atoms with van der Waals surface area (Å²) >= 11 is 6.13. The number of cyclic esters (lactones) is 1. The number of aliphatic imine (C=N–C) groups is 1. The fraction of sp³-hybridized carbons (Fsp3) is 0.190. The van der Waals surface area contributed by atoms with Gasteiger partial charge in [0.15, 0.2) is 17.2 Å². The largest absolute Gasteiger partial charge is 0.493 e. The predicted molar refractivity (Wildman–Crippen MR) is 106 cm³/mol. The molecule has 0 aliphatic carbocycles. The SMILES string of the molecule is COc1cc(/C=C2\N=C(c3ccccc3Cl)OC2=O)ccc1OC(=O)C(C)C. The van der Waals surface area contributed by atoms with E-state index in [0.29, 0.717) is 27.6 Å². The maximum absolute atomic E-state index is 12.2. The number of halogens is 1. The van der Waals surface area contributed by atoms with Crippen molar-refractivity contribution in [3.63, 3.8) is 0 Å². The lowest BCUT2D eigenvalue weighted by Crippen LogP contribution is -2.15. The average molecular weight is 400 g/mol. The standard InChI is InChI=1S/C21H18ClNO5/c1-12(2)20(24)27-17-9-8-13(11-18(17)26-3)10-16-21(25)28-19(23-16)14-6-4-5-7-15(14)22/h4-12H,1-3H3/b16-10-. The third-order valence-electron chi connectivity index (χ3n) is 3.90. The van der Waals surface area contributed by atoms with Gasteiger partial charge in [0.2, 0.25) is 5.90 Å². The summed E-state index contributed by atoms with van der Waals surface area (Å²) in [5.41, 5.74) is 1.30. The number of hydrogen-bond donors (Lipinski definition) is 0. The summed E-state index contributed by atoms with van der Waals surface area (Å²) in [4.78, 5) is 28.2. The van der Waals surface area contributed by atoms with E-state index in [1.54, 1.807) is 62.4 Å². The molecule has 0 fully saturated rings. The molecule has 0 radical (unpaired) electrons. The van der Waals surface area contributed by atoms with Crippen LogP contribution in [0.1, 0.15) is 25.0 Å². The zero-order valence-electron chi connectivity index (χ0n) is 15.6. The number of ether oxygens (including phenoxy) is 3. The van der Waals surface area contributed by atoms with E-state index in [0.717, 1.165) is 0 Å². The van der Waals surface area contributed by atoms with E-state index in [4.69, 9.17) is 25.8 Å². The van der Waals surface area contributed by atoms with Crippen LogP contribution in [0.2, 0.25) is 5.02 Å². The lowest BCUT2D eigenvalue weighted by atomic mass is 10.1. The molecule has 0 saturated carbocycles. The first-order valence-corrected chi connectivity index (χ1v) is 8.94. The molecule has 3 rings (SSSR count). The number of benzene rings is 2. The van der Waals surface area contributed by atoms with Gasteiger partial charge in [0.25, 0.3) is 0 Å². The maximum atomic E-state index is 12.2. The Labute approximate surface area is 167 Å². The summed E-state index contributed by atoms with van der Waals surface area (Å²) in [5, 5.41) is 0.438. The lowest BCUT2D eigenvalue weighted by Gasteiger charge is -2.11. The van der Waals surface area contributed by atoms with Gasteiger partial charge in [-0.2, -0.15) is 0 Å². The second kappa shape index (κ2) is 8.27. The number of carbonyl (C=O) groups is 2. The van der Waals surface area contributed by atoms with Gasteiger partial charge in [-0.05, 0) is 35.9 Å². The summed E-state index contributed by atoms with van der Waals surface area (Å²) in [5.74, 6) is -0.391. The maximum Gasteiger partial charge on any atom is 0.363 e. The van der Waals surface area contributed by atoms with E-state index >= 15 is 0 Å². The van der Waals surface area contributed by atoms with Crippen molar-refractivity contribution in [1.29, 1.82) is 0 Å². The second-order valence-corrected chi connectivity index (χ2v) is 6.71. The number of rotatable bonds is 5. The molecule has 0 aromatic heterocycles. The third kappa shape index (κ3) is 4.23. The van der Waals surface area contributed by atoms with Crippen LogP contribution in [0.15, 0.2) is 53.2 Å². The van der Waals surface area contributed by atoms with Crippen LogP contribution in [0.3, 0.4) is 0 Å². The Kier molecular flexibility index (Phi) is 5.80. The van der Waals surface area contributed by atoms with Crippen molar-refractivity contribution in [2.75, 3.05) is 7.11 Å². The quantitative estimate of drug-likeness (QED) is 0.426. The minimum Gasteiger partial charge on any atom is -0.493 e. The number of esters is 2. The second-order valence-electron chi connectivity index (χ2n) is 6.30. The summed E-state index contributed by atoms with van der Waals surface area (Å²) in [6.07, 6.45) is 1.56. The van der Waals surface area contributed by atoms with Crippen LogP contribution in [-0.2, 0) is 14.3 Å². The van der Waals surface area contributed by atoms with Gasteiger partial charge in [0.1, 0.15) is 0 Å². The van der Waals surface area contributed by atoms with Gasteiger partial charge in [0, 0.05) is 0 Å². The van der Waals surface area contributed by atoms with E-state index in [1.807, 2.05) is 0 Å². The van der Waals surface area contributed by atoms with E-state index in [2.05, 4.69) is 4.99 Å². The van der Waals surface area contributed by atoms with Gasteiger partial charge >= 0.3 is 11.9 Å². The highest BCUT2D eigenvalue weighted by atomic mass is 35.5. The fourth-order valence-electron chi connectivity index (χ4n) is 2.40. The van der Waals surface area contributed by atoms with Crippen molar-refractivity contribution in [3.05, 3.63) is 64.3 Å². The third-order valence-corrected chi connectivity index (χ3v) is 4.23. The summed E-state index contributed by atoms with van der Waals surface area (Å²) < 4.78 is 15.8. The molecular weight excluding hydrogens is 382 g/mol. The Morgan fingerprint density at radius 2 is 1.93 bits per heavy atom. The zero-order valence-corrected chi connectivity index (χ0v) is 16.3. The minimum atomic E-state index is -0.579. The monoisotopic (exact) mass is 399 g/mol. The van der Waals surface area contributed by atoms with E-state index in [1.165, 1.54) is 7.11 Å². The first-order chi connectivity index (χ1) is 13.4. The molecule has 2 aromatic carbocycles. The van der Waals surface area contributed by atoms with Crippen molar-refractivity contribution in [1.82, 2.24) is 0 Å². The molecule has 0 bridgehead atoms. The molecule has 1 aliphatic heterocycles. The Bertz CT molecular complexity index is 994. The Hall–Kier alpha value is -3.12. The smallest absolute Gasteiger partial charge is 0.363 e. The molecule has 0 unspecified atom stereocenters. The highest BCUT2D eigenvalue weighted by Gasteiger charge is 2.25. The average Bonchev–Trinajstić information content (AvgIpc) is 3.03. The van der Waals surface area contributed by atoms with Crippen LogP contribution < -0.4 is 9.47 Å². The predicted octanol–water partition coefficient (Wildman–Crippen LogP) is 4.25. The molecule has 7 heteroatoms. The van der Waals surface area contributed by atoms with Crippen LogP contribution in [0.25, 0.3) is 6.08 Å². The van der Waals surface area contributed by atoms with E-state index in [9.17, 15) is 9.59 Å². The molecule has 0 amide bonds.